The topological polar surface area (TPSA) is 82.0 Å². The van der Waals surface area contributed by atoms with Crippen molar-refractivity contribution < 1.29 is 9.59 Å². The lowest BCUT2D eigenvalue weighted by Crippen LogP contribution is -2.40. The molecule has 5 nitrogen and oxygen atoms in total. The number of anilines is 1. The lowest BCUT2D eigenvalue weighted by atomic mass is 10.0. The maximum absolute atomic E-state index is 12.3. The summed E-state index contributed by atoms with van der Waals surface area (Å²) in [6.07, 6.45) is 3.07. The van der Waals surface area contributed by atoms with Crippen molar-refractivity contribution in [2.45, 2.75) is 32.6 Å². The number of amides is 2. The van der Waals surface area contributed by atoms with Crippen molar-refractivity contribution in [3.8, 4) is 6.07 Å². The number of nitrogens with one attached hydrogen (secondary N) is 2. The fourth-order valence-electron chi connectivity index (χ4n) is 2.15. The highest BCUT2D eigenvalue weighted by molar-refractivity contribution is 6.13. The molecule has 1 fully saturated rings. The minimum absolute atomic E-state index is 0.190. The molecule has 1 aliphatic carbocycles. The molecular formula is C16H19N3O2. The summed E-state index contributed by atoms with van der Waals surface area (Å²) >= 11 is 0. The highest BCUT2D eigenvalue weighted by Gasteiger charge is 2.56. The molecule has 1 saturated carbocycles. The molecule has 0 aromatic heterocycles. The van der Waals surface area contributed by atoms with Crippen LogP contribution >= 0.6 is 0 Å². The molecular weight excluding hydrogens is 266 g/mol. The molecule has 0 spiro atoms. The van der Waals surface area contributed by atoms with Gasteiger partial charge in [0.1, 0.15) is 5.41 Å². The van der Waals surface area contributed by atoms with Gasteiger partial charge in [0.15, 0.2) is 0 Å². The Morgan fingerprint density at radius 3 is 2.71 bits per heavy atom. The van der Waals surface area contributed by atoms with Crippen LogP contribution in [0.5, 0.6) is 0 Å². The van der Waals surface area contributed by atoms with Gasteiger partial charge in [-0.1, -0.05) is 19.4 Å². The zero-order chi connectivity index (χ0) is 15.3. The number of hydrogen-bond acceptors (Lipinski definition) is 3. The Bertz CT molecular complexity index is 585. The highest BCUT2D eigenvalue weighted by atomic mass is 16.2. The Labute approximate surface area is 124 Å². The molecule has 0 atom stereocenters. The Morgan fingerprint density at radius 1 is 1.33 bits per heavy atom. The van der Waals surface area contributed by atoms with Crippen LogP contribution in [0.15, 0.2) is 24.3 Å². The van der Waals surface area contributed by atoms with Crippen LogP contribution in [0, 0.1) is 16.7 Å². The van der Waals surface area contributed by atoms with Crippen LogP contribution in [-0.2, 0) is 9.59 Å². The van der Waals surface area contributed by atoms with Gasteiger partial charge in [-0.15, -0.1) is 0 Å². The maximum Gasteiger partial charge on any atom is 0.240 e. The van der Waals surface area contributed by atoms with Gasteiger partial charge in [0.25, 0.3) is 0 Å². The van der Waals surface area contributed by atoms with Gasteiger partial charge in [-0.2, -0.15) is 5.26 Å². The Morgan fingerprint density at radius 2 is 2.10 bits per heavy atom. The van der Waals surface area contributed by atoms with Crippen LogP contribution in [0.25, 0.3) is 0 Å². The lowest BCUT2D eigenvalue weighted by Gasteiger charge is -2.15. The summed E-state index contributed by atoms with van der Waals surface area (Å²) in [7, 11) is 0. The van der Waals surface area contributed by atoms with E-state index in [4.69, 9.17) is 5.26 Å². The van der Waals surface area contributed by atoms with Crippen LogP contribution in [0.3, 0.4) is 0 Å². The van der Waals surface area contributed by atoms with Crippen LogP contribution < -0.4 is 10.6 Å². The second-order valence-electron chi connectivity index (χ2n) is 5.34. The normalized spacial score (nSPS) is 14.9. The molecule has 0 radical (unpaired) electrons. The Balaban J connectivity index is 1.99. The summed E-state index contributed by atoms with van der Waals surface area (Å²) in [4.78, 5) is 24.4. The highest BCUT2D eigenvalue weighted by Crippen LogP contribution is 2.46. The number of nitrogens with zero attached hydrogens (tertiary/aromatic N) is 1. The van der Waals surface area contributed by atoms with E-state index in [2.05, 4.69) is 10.6 Å². The maximum atomic E-state index is 12.3. The third-order valence-corrected chi connectivity index (χ3v) is 3.68. The zero-order valence-electron chi connectivity index (χ0n) is 12.1. The van der Waals surface area contributed by atoms with E-state index >= 15 is 0 Å². The van der Waals surface area contributed by atoms with Gasteiger partial charge >= 0.3 is 0 Å². The zero-order valence-corrected chi connectivity index (χ0v) is 12.1. The molecule has 0 bridgehead atoms. The Kier molecular flexibility index (Phi) is 4.59. The number of rotatable bonds is 6. The molecule has 1 aliphatic rings. The van der Waals surface area contributed by atoms with Crippen molar-refractivity contribution in [1.82, 2.24) is 5.32 Å². The molecule has 5 heteroatoms. The summed E-state index contributed by atoms with van der Waals surface area (Å²) in [5, 5.41) is 14.4. The second kappa shape index (κ2) is 6.40. The standard InChI is InChI=1S/C16H19N3O2/c1-2-3-9-18-14(20)16(7-8-16)15(21)19-13-6-4-5-12(10-13)11-17/h4-6,10H,2-3,7-9H2,1H3,(H,18,20)(H,19,21). The largest absolute Gasteiger partial charge is 0.355 e. The van der Waals surface area contributed by atoms with E-state index in [1.807, 2.05) is 13.0 Å². The second-order valence-corrected chi connectivity index (χ2v) is 5.34. The van der Waals surface area contributed by atoms with E-state index in [1.165, 1.54) is 0 Å². The minimum atomic E-state index is -0.920. The third kappa shape index (κ3) is 3.40. The molecule has 21 heavy (non-hydrogen) atoms. The van der Waals surface area contributed by atoms with Gasteiger partial charge in [0, 0.05) is 12.2 Å². The predicted octanol–water partition coefficient (Wildman–Crippen LogP) is 2.19. The molecule has 2 rings (SSSR count). The van der Waals surface area contributed by atoms with E-state index in [0.717, 1.165) is 12.8 Å². The first-order chi connectivity index (χ1) is 10.1. The SMILES string of the molecule is CCCCNC(=O)C1(C(=O)Nc2cccc(C#N)c2)CC1. The summed E-state index contributed by atoms with van der Waals surface area (Å²) < 4.78 is 0. The van der Waals surface area contributed by atoms with Crippen LogP contribution in [0.2, 0.25) is 0 Å². The summed E-state index contributed by atoms with van der Waals surface area (Å²) in [5.41, 5.74) is 0.104. The molecule has 110 valence electrons. The van der Waals surface area contributed by atoms with Crippen molar-refractivity contribution in [3.63, 3.8) is 0 Å². The van der Waals surface area contributed by atoms with Gasteiger partial charge < -0.3 is 10.6 Å². The van der Waals surface area contributed by atoms with Gasteiger partial charge in [-0.25, -0.2) is 0 Å². The number of benzene rings is 1. The molecule has 0 unspecified atom stereocenters. The first-order valence-electron chi connectivity index (χ1n) is 7.22. The van der Waals surface area contributed by atoms with Gasteiger partial charge in [0.05, 0.1) is 11.6 Å². The van der Waals surface area contributed by atoms with Gasteiger partial charge in [0.2, 0.25) is 11.8 Å². The molecule has 0 aliphatic heterocycles. The average Bonchev–Trinajstić information content (AvgIpc) is 3.29. The third-order valence-electron chi connectivity index (χ3n) is 3.68. The van der Waals surface area contributed by atoms with Crippen LogP contribution in [-0.4, -0.2) is 18.4 Å². The fraction of sp³-hybridized carbons (Fsp3) is 0.438. The average molecular weight is 285 g/mol. The summed E-state index contributed by atoms with van der Waals surface area (Å²) in [5.74, 6) is -0.475. The fourth-order valence-corrected chi connectivity index (χ4v) is 2.15. The minimum Gasteiger partial charge on any atom is -0.355 e. The van der Waals surface area contributed by atoms with Gasteiger partial charge in [-0.3, -0.25) is 9.59 Å². The van der Waals surface area contributed by atoms with Crippen molar-refractivity contribution >= 4 is 17.5 Å². The number of hydrogen-bond donors (Lipinski definition) is 2. The van der Waals surface area contributed by atoms with Crippen molar-refractivity contribution in [1.29, 1.82) is 5.26 Å². The molecule has 2 amide bonds. The number of carbonyl (C=O) groups excluding carboxylic acids is 2. The van der Waals surface area contributed by atoms with E-state index in [-0.39, 0.29) is 11.8 Å². The van der Waals surface area contributed by atoms with E-state index in [9.17, 15) is 9.59 Å². The monoisotopic (exact) mass is 285 g/mol. The quantitative estimate of drug-likeness (QED) is 0.621. The molecule has 0 heterocycles. The summed E-state index contributed by atoms with van der Waals surface area (Å²) in [6.45, 7) is 2.65. The van der Waals surface area contributed by atoms with Gasteiger partial charge in [-0.05, 0) is 37.5 Å². The van der Waals surface area contributed by atoms with Crippen LogP contribution in [0.4, 0.5) is 5.69 Å². The Hall–Kier alpha value is -2.35. The van der Waals surface area contributed by atoms with Crippen molar-refractivity contribution in [2.24, 2.45) is 5.41 Å². The lowest BCUT2D eigenvalue weighted by molar-refractivity contribution is -0.134. The van der Waals surface area contributed by atoms with E-state index < -0.39 is 5.41 Å². The first kappa shape index (κ1) is 15.0. The first-order valence-corrected chi connectivity index (χ1v) is 7.22. The van der Waals surface area contributed by atoms with Crippen molar-refractivity contribution in [3.05, 3.63) is 29.8 Å². The number of unbranched alkanes of at least 4 members (excludes halogenated alkanes) is 1. The number of nitriles is 1. The number of carbonyl (C=O) groups is 2. The predicted molar refractivity (Wildman–Crippen MR) is 79.4 cm³/mol. The van der Waals surface area contributed by atoms with Crippen molar-refractivity contribution in [2.75, 3.05) is 11.9 Å². The smallest absolute Gasteiger partial charge is 0.240 e. The molecule has 1 aromatic carbocycles. The molecule has 1 aromatic rings. The molecule has 2 N–H and O–H groups in total. The molecule has 0 saturated heterocycles. The van der Waals surface area contributed by atoms with E-state index in [0.29, 0.717) is 30.6 Å². The summed E-state index contributed by atoms with van der Waals surface area (Å²) in [6, 6.07) is 8.70. The van der Waals surface area contributed by atoms with Crippen LogP contribution in [0.1, 0.15) is 38.2 Å². The van der Waals surface area contributed by atoms with E-state index in [1.54, 1.807) is 24.3 Å².